The van der Waals surface area contributed by atoms with Crippen LogP contribution in [0, 0.1) is 0 Å². The highest BCUT2D eigenvalue weighted by atomic mass is 35.5. The lowest BCUT2D eigenvalue weighted by Crippen LogP contribution is -2.35. The van der Waals surface area contributed by atoms with E-state index in [0.717, 1.165) is 6.42 Å². The summed E-state index contributed by atoms with van der Waals surface area (Å²) >= 11 is 5.78. The Morgan fingerprint density at radius 2 is 2.41 bits per heavy atom. The summed E-state index contributed by atoms with van der Waals surface area (Å²) in [6.07, 6.45) is 0.851. The fourth-order valence-corrected chi connectivity index (χ4v) is 1.97. The summed E-state index contributed by atoms with van der Waals surface area (Å²) < 4.78 is 5.30. The number of hydrogen-bond donors (Lipinski definition) is 2. The van der Waals surface area contributed by atoms with E-state index in [0.29, 0.717) is 19.0 Å². The van der Waals surface area contributed by atoms with Gasteiger partial charge in [-0.15, -0.1) is 0 Å². The Balaban J connectivity index is 2.23. The molecule has 1 aliphatic rings. The van der Waals surface area contributed by atoms with E-state index >= 15 is 0 Å². The van der Waals surface area contributed by atoms with Crippen molar-refractivity contribution < 1.29 is 14.6 Å². The normalized spacial score (nSPS) is 23.6. The first-order chi connectivity index (χ1) is 7.98. The van der Waals surface area contributed by atoms with E-state index < -0.39 is 5.97 Å². The molecule has 1 aliphatic heterocycles. The highest BCUT2D eigenvalue weighted by molar-refractivity contribution is 6.29. The van der Waals surface area contributed by atoms with Gasteiger partial charge in [-0.2, -0.15) is 0 Å². The molecule has 0 bridgehead atoms. The average molecular weight is 257 g/mol. The van der Waals surface area contributed by atoms with Crippen molar-refractivity contribution >= 4 is 23.4 Å². The molecular formula is C11H13ClN2O3. The van der Waals surface area contributed by atoms with Gasteiger partial charge in [0.15, 0.2) is 0 Å². The molecule has 1 aromatic heterocycles. The number of nitrogens with zero attached hydrogens (tertiary/aromatic N) is 1. The van der Waals surface area contributed by atoms with Crippen molar-refractivity contribution in [2.45, 2.75) is 18.9 Å². The molecule has 0 saturated carbocycles. The molecule has 1 atom stereocenters. The van der Waals surface area contributed by atoms with Crippen molar-refractivity contribution in [1.29, 1.82) is 0 Å². The number of ether oxygens (including phenoxy) is 1. The maximum atomic E-state index is 10.9. The first kappa shape index (κ1) is 12.1. The van der Waals surface area contributed by atoms with E-state index in [4.69, 9.17) is 21.4 Å². The van der Waals surface area contributed by atoms with Gasteiger partial charge in [-0.25, -0.2) is 9.78 Å². The molecule has 17 heavy (non-hydrogen) atoms. The number of aromatic carboxylic acids is 1. The molecule has 92 valence electrons. The molecule has 1 aromatic rings. The lowest BCUT2D eigenvalue weighted by Gasteiger charge is -2.24. The molecule has 0 aliphatic carbocycles. The summed E-state index contributed by atoms with van der Waals surface area (Å²) in [5.41, 5.74) is -0.0944. The standard InChI is InChI=1S/C11H13ClN2O3/c1-11(2-3-17-6-11)14-9-5-7(10(15)16)4-8(12)13-9/h4-5H,2-3,6H2,1H3,(H,13,14)(H,15,16). The molecule has 0 spiro atoms. The average Bonchev–Trinajstić information content (AvgIpc) is 2.63. The minimum atomic E-state index is -1.02. The second-order valence-corrected chi connectivity index (χ2v) is 4.74. The van der Waals surface area contributed by atoms with Crippen LogP contribution in [0.5, 0.6) is 0 Å². The molecule has 2 N–H and O–H groups in total. The first-order valence-corrected chi connectivity index (χ1v) is 5.63. The third kappa shape index (κ3) is 2.87. The molecule has 0 aromatic carbocycles. The fraction of sp³-hybridized carbons (Fsp3) is 0.455. The van der Waals surface area contributed by atoms with Crippen molar-refractivity contribution in [3.63, 3.8) is 0 Å². The lowest BCUT2D eigenvalue weighted by molar-refractivity contribution is 0.0697. The maximum absolute atomic E-state index is 10.9. The third-order valence-corrected chi connectivity index (χ3v) is 2.88. The van der Waals surface area contributed by atoms with E-state index in [-0.39, 0.29) is 16.3 Å². The summed E-state index contributed by atoms with van der Waals surface area (Å²) in [4.78, 5) is 14.9. The topological polar surface area (TPSA) is 71.5 Å². The van der Waals surface area contributed by atoms with Crippen molar-refractivity contribution in [2.24, 2.45) is 0 Å². The van der Waals surface area contributed by atoms with Crippen molar-refractivity contribution in [2.75, 3.05) is 18.5 Å². The monoisotopic (exact) mass is 256 g/mol. The van der Waals surface area contributed by atoms with E-state index in [1.165, 1.54) is 12.1 Å². The number of halogens is 1. The fourth-order valence-electron chi connectivity index (χ4n) is 1.76. The van der Waals surface area contributed by atoms with E-state index in [1.54, 1.807) is 0 Å². The number of nitrogens with one attached hydrogen (secondary N) is 1. The second-order valence-electron chi connectivity index (χ2n) is 4.36. The van der Waals surface area contributed by atoms with Crippen molar-refractivity contribution in [3.8, 4) is 0 Å². The maximum Gasteiger partial charge on any atom is 0.335 e. The molecule has 0 amide bonds. The third-order valence-electron chi connectivity index (χ3n) is 2.69. The molecule has 6 heteroatoms. The molecular weight excluding hydrogens is 244 g/mol. The van der Waals surface area contributed by atoms with Gasteiger partial charge in [0.25, 0.3) is 0 Å². The summed E-state index contributed by atoms with van der Waals surface area (Å²) in [5, 5.41) is 12.3. The number of aromatic nitrogens is 1. The van der Waals surface area contributed by atoms with Crippen LogP contribution < -0.4 is 5.32 Å². The molecule has 2 rings (SSSR count). The Morgan fingerprint density at radius 1 is 1.65 bits per heavy atom. The Morgan fingerprint density at radius 3 is 3.00 bits per heavy atom. The predicted molar refractivity (Wildman–Crippen MR) is 63.7 cm³/mol. The van der Waals surface area contributed by atoms with Gasteiger partial charge < -0.3 is 15.2 Å². The van der Waals surface area contributed by atoms with Gasteiger partial charge >= 0.3 is 5.97 Å². The van der Waals surface area contributed by atoms with Gasteiger partial charge in [-0.1, -0.05) is 11.6 Å². The number of carboxylic acids is 1. The van der Waals surface area contributed by atoms with Gasteiger partial charge in [0.2, 0.25) is 0 Å². The zero-order valence-corrected chi connectivity index (χ0v) is 10.1. The molecule has 1 unspecified atom stereocenters. The van der Waals surface area contributed by atoms with Crippen LogP contribution >= 0.6 is 11.6 Å². The second kappa shape index (κ2) is 4.50. The Kier molecular flexibility index (Phi) is 3.22. The summed E-state index contributed by atoms with van der Waals surface area (Å²) in [5.74, 6) is -0.562. The van der Waals surface area contributed by atoms with Gasteiger partial charge in [0, 0.05) is 6.61 Å². The van der Waals surface area contributed by atoms with Crippen LogP contribution in [-0.2, 0) is 4.74 Å². The zero-order valence-electron chi connectivity index (χ0n) is 9.36. The van der Waals surface area contributed by atoms with Crippen LogP contribution in [0.1, 0.15) is 23.7 Å². The number of pyridine rings is 1. The molecule has 1 fully saturated rings. The minimum Gasteiger partial charge on any atom is -0.478 e. The van der Waals surface area contributed by atoms with Crippen molar-refractivity contribution in [1.82, 2.24) is 4.98 Å². The smallest absolute Gasteiger partial charge is 0.335 e. The summed E-state index contributed by atoms with van der Waals surface area (Å²) in [6.45, 7) is 3.27. The number of carbonyl (C=O) groups is 1. The molecule has 0 radical (unpaired) electrons. The number of hydrogen-bond acceptors (Lipinski definition) is 4. The van der Waals surface area contributed by atoms with Crippen LogP contribution in [0.2, 0.25) is 5.15 Å². The Bertz CT molecular complexity index is 444. The van der Waals surface area contributed by atoms with Crippen LogP contribution in [0.25, 0.3) is 0 Å². The highest BCUT2D eigenvalue weighted by Crippen LogP contribution is 2.24. The molecule has 2 heterocycles. The van der Waals surface area contributed by atoms with Gasteiger partial charge in [-0.05, 0) is 25.5 Å². The van der Waals surface area contributed by atoms with E-state index in [9.17, 15) is 4.79 Å². The largest absolute Gasteiger partial charge is 0.478 e. The number of carboxylic acid groups (broad SMARTS) is 1. The van der Waals surface area contributed by atoms with E-state index in [2.05, 4.69) is 10.3 Å². The van der Waals surface area contributed by atoms with Gasteiger partial charge in [0.1, 0.15) is 11.0 Å². The minimum absolute atomic E-state index is 0.120. The Hall–Kier alpha value is -1.33. The predicted octanol–water partition coefficient (Wildman–Crippen LogP) is 2.02. The number of rotatable bonds is 3. The number of anilines is 1. The van der Waals surface area contributed by atoms with Crippen LogP contribution in [-0.4, -0.2) is 34.8 Å². The zero-order chi connectivity index (χ0) is 12.5. The SMILES string of the molecule is CC1(Nc2cc(C(=O)O)cc(Cl)n2)CCOC1. The van der Waals surface area contributed by atoms with Gasteiger partial charge in [0.05, 0.1) is 17.7 Å². The van der Waals surface area contributed by atoms with E-state index in [1.807, 2.05) is 6.92 Å². The molecule has 1 saturated heterocycles. The van der Waals surface area contributed by atoms with Crippen LogP contribution in [0.15, 0.2) is 12.1 Å². The van der Waals surface area contributed by atoms with Crippen LogP contribution in [0.3, 0.4) is 0 Å². The lowest BCUT2D eigenvalue weighted by atomic mass is 10.0. The Labute approximate surface area is 104 Å². The van der Waals surface area contributed by atoms with Gasteiger partial charge in [-0.3, -0.25) is 0 Å². The van der Waals surface area contributed by atoms with Crippen molar-refractivity contribution in [3.05, 3.63) is 22.8 Å². The summed E-state index contributed by atoms with van der Waals surface area (Å²) in [6, 6.07) is 2.79. The quantitative estimate of drug-likeness (QED) is 0.810. The first-order valence-electron chi connectivity index (χ1n) is 5.25. The van der Waals surface area contributed by atoms with Crippen LogP contribution in [0.4, 0.5) is 5.82 Å². The summed E-state index contributed by atoms with van der Waals surface area (Å²) in [7, 11) is 0. The molecule has 5 nitrogen and oxygen atoms in total. The highest BCUT2D eigenvalue weighted by Gasteiger charge is 2.30.